The molecule has 0 bridgehead atoms. The van der Waals surface area contributed by atoms with E-state index in [4.69, 9.17) is 25.5 Å². The van der Waals surface area contributed by atoms with Crippen LogP contribution in [-0.4, -0.2) is 64.2 Å². The third-order valence-corrected chi connectivity index (χ3v) is 1.36. The van der Waals surface area contributed by atoms with E-state index in [9.17, 15) is 9.13 Å². The summed E-state index contributed by atoms with van der Waals surface area (Å²) in [4.78, 5) is 0. The minimum atomic E-state index is -2.91. The molecular formula is C6H15O8P. The third kappa shape index (κ3) is 16.3. The van der Waals surface area contributed by atoms with Gasteiger partial charge in [-0.1, -0.05) is 0 Å². The van der Waals surface area contributed by atoms with Gasteiger partial charge in [0.1, 0.15) is 12.2 Å². The van der Waals surface area contributed by atoms with Gasteiger partial charge >= 0.3 is 7.91 Å². The Morgan fingerprint density at radius 3 is 1.53 bits per heavy atom. The van der Waals surface area contributed by atoms with Gasteiger partial charge in [-0.2, -0.15) is 0 Å². The Kier molecular flexibility index (Phi) is 13.4. The molecule has 15 heavy (non-hydrogen) atoms. The Hall–Kier alpha value is -0.340. The van der Waals surface area contributed by atoms with Crippen molar-refractivity contribution in [2.75, 3.05) is 26.4 Å². The van der Waals surface area contributed by atoms with Crippen molar-refractivity contribution in [1.29, 1.82) is 0 Å². The van der Waals surface area contributed by atoms with E-state index in [0.717, 1.165) is 0 Å². The molecule has 0 aromatic carbocycles. The summed E-state index contributed by atoms with van der Waals surface area (Å²) in [7, 11) is -2.91. The molecule has 0 fully saturated rings. The molecule has 0 aliphatic carbocycles. The van der Waals surface area contributed by atoms with Crippen LogP contribution in [0.25, 0.3) is 0 Å². The fraction of sp³-hybridized carbons (Fsp3) is 1.00. The molecule has 0 aliphatic heterocycles. The first-order valence-electron chi connectivity index (χ1n) is 3.93. The maximum Gasteiger partial charge on any atom is 0.468 e. The van der Waals surface area contributed by atoms with E-state index in [0.29, 0.717) is 0 Å². The second kappa shape index (κ2) is 11.7. The summed E-state index contributed by atoms with van der Waals surface area (Å²) < 4.78 is 23.2. The van der Waals surface area contributed by atoms with E-state index in [-0.39, 0.29) is 19.8 Å². The van der Waals surface area contributed by atoms with Crippen molar-refractivity contribution in [3.8, 4) is 0 Å². The number of hydrogen-bond acceptors (Lipinski definition) is 8. The lowest BCUT2D eigenvalue weighted by Crippen LogP contribution is -2.16. The summed E-state index contributed by atoms with van der Waals surface area (Å²) in [6.45, 7) is -1.61. The third-order valence-electron chi connectivity index (χ3n) is 1.00. The van der Waals surface area contributed by atoms with Gasteiger partial charge < -0.3 is 25.5 Å². The van der Waals surface area contributed by atoms with Crippen LogP contribution in [0.3, 0.4) is 0 Å². The van der Waals surface area contributed by atoms with Gasteiger partial charge in [0, 0.05) is 0 Å². The highest BCUT2D eigenvalue weighted by molar-refractivity contribution is 7.24. The molecule has 0 heterocycles. The molecule has 0 rings (SSSR count). The van der Waals surface area contributed by atoms with Crippen molar-refractivity contribution in [2.45, 2.75) is 12.2 Å². The van der Waals surface area contributed by atoms with Crippen LogP contribution in [0.15, 0.2) is 0 Å². The lowest BCUT2D eigenvalue weighted by atomic mass is 10.4. The Bertz CT molecular complexity index is 182. The zero-order chi connectivity index (χ0) is 12.3. The van der Waals surface area contributed by atoms with Crippen LogP contribution in [0.5, 0.6) is 0 Å². The summed E-state index contributed by atoms with van der Waals surface area (Å²) in [5.41, 5.74) is 0. The summed E-state index contributed by atoms with van der Waals surface area (Å²) in [5, 5.41) is 40.6. The van der Waals surface area contributed by atoms with Crippen molar-refractivity contribution >= 4 is 7.91 Å². The molecule has 0 aromatic rings. The molecule has 0 aliphatic rings. The minimum Gasteiger partial charge on any atom is -0.394 e. The van der Waals surface area contributed by atoms with Crippen molar-refractivity contribution in [1.82, 2.24) is 0 Å². The normalized spacial score (nSPS) is 11.9. The molecule has 8 nitrogen and oxygen atoms in total. The van der Waals surface area contributed by atoms with Crippen LogP contribution in [0, 0.1) is 0 Å². The smallest absolute Gasteiger partial charge is 0.394 e. The largest absolute Gasteiger partial charge is 0.468 e. The molecule has 5 N–H and O–H groups in total. The molecule has 0 saturated carbocycles. The van der Waals surface area contributed by atoms with Crippen LogP contribution < -0.4 is 0 Å². The average Bonchev–Trinajstić information content (AvgIpc) is 2.25. The Morgan fingerprint density at radius 2 is 1.33 bits per heavy atom. The molecule has 92 valence electrons. The number of rotatable bonds is 6. The van der Waals surface area contributed by atoms with Gasteiger partial charge in [-0.15, -0.1) is 0 Å². The number of aliphatic hydroxyl groups is 5. The first kappa shape index (κ1) is 17.1. The Balaban J connectivity index is 0. The van der Waals surface area contributed by atoms with Gasteiger partial charge in [0.2, 0.25) is 0 Å². The predicted octanol–water partition coefficient (Wildman–Crippen LogP) is -2.22. The van der Waals surface area contributed by atoms with Crippen LogP contribution in [0.2, 0.25) is 0 Å². The predicted molar refractivity (Wildman–Crippen MR) is 47.5 cm³/mol. The quantitative estimate of drug-likeness (QED) is 0.331. The maximum atomic E-state index is 9.64. The van der Waals surface area contributed by atoms with Crippen LogP contribution in [0.1, 0.15) is 0 Å². The highest BCUT2D eigenvalue weighted by Crippen LogP contribution is 2.04. The molecule has 0 saturated heterocycles. The van der Waals surface area contributed by atoms with Gasteiger partial charge in [0.25, 0.3) is 0 Å². The molecule has 1 unspecified atom stereocenters. The van der Waals surface area contributed by atoms with E-state index in [1.54, 1.807) is 0 Å². The first-order chi connectivity index (χ1) is 6.97. The van der Waals surface area contributed by atoms with Crippen molar-refractivity contribution in [3.63, 3.8) is 0 Å². The fourth-order valence-electron chi connectivity index (χ4n) is 0.257. The van der Waals surface area contributed by atoms with Crippen molar-refractivity contribution in [3.05, 3.63) is 0 Å². The summed E-state index contributed by atoms with van der Waals surface area (Å²) >= 11 is 0. The van der Waals surface area contributed by atoms with Crippen LogP contribution in [-0.2, 0) is 13.7 Å². The Morgan fingerprint density at radius 1 is 0.933 bits per heavy atom. The monoisotopic (exact) mass is 246 g/mol. The van der Waals surface area contributed by atoms with Crippen LogP contribution in [0.4, 0.5) is 0 Å². The zero-order valence-corrected chi connectivity index (χ0v) is 8.79. The summed E-state index contributed by atoms with van der Waals surface area (Å²) in [6, 6.07) is 0. The number of hydrogen-bond donors (Lipinski definition) is 5. The van der Waals surface area contributed by atoms with Gasteiger partial charge in [-0.3, -0.25) is 4.52 Å². The summed E-state index contributed by atoms with van der Waals surface area (Å²) in [5.74, 6) is 0. The lowest BCUT2D eigenvalue weighted by molar-refractivity contribution is 0.0450. The highest BCUT2D eigenvalue weighted by Gasteiger charge is 2.02. The first-order valence-corrected chi connectivity index (χ1v) is 5.03. The molecule has 1 atom stereocenters. The SMILES string of the molecule is O=P(=O)OCC(O)CO.OCC(O)CO. The summed E-state index contributed by atoms with van der Waals surface area (Å²) in [6.07, 6.45) is -2.07. The van der Waals surface area contributed by atoms with E-state index in [1.165, 1.54) is 0 Å². The minimum absolute atomic E-state index is 0.365. The molecule has 0 radical (unpaired) electrons. The lowest BCUT2D eigenvalue weighted by Gasteiger charge is -2.00. The Labute approximate surface area is 86.7 Å². The van der Waals surface area contributed by atoms with Gasteiger partial charge in [0.05, 0.1) is 26.4 Å². The van der Waals surface area contributed by atoms with Crippen LogP contribution >= 0.6 is 7.91 Å². The highest BCUT2D eigenvalue weighted by atomic mass is 31.1. The fourth-order valence-corrected chi connectivity index (χ4v) is 0.551. The molecule has 0 aromatic heterocycles. The second-order valence-corrected chi connectivity index (χ2v) is 3.08. The van der Waals surface area contributed by atoms with Gasteiger partial charge in [-0.25, -0.2) is 9.13 Å². The van der Waals surface area contributed by atoms with E-state index >= 15 is 0 Å². The second-order valence-electron chi connectivity index (χ2n) is 2.37. The molecular weight excluding hydrogens is 231 g/mol. The van der Waals surface area contributed by atoms with E-state index < -0.39 is 26.7 Å². The van der Waals surface area contributed by atoms with Crippen molar-refractivity contribution < 1.29 is 39.2 Å². The van der Waals surface area contributed by atoms with E-state index in [1.807, 2.05) is 0 Å². The topological polar surface area (TPSA) is 145 Å². The molecule has 0 spiro atoms. The number of aliphatic hydroxyl groups excluding tert-OH is 5. The van der Waals surface area contributed by atoms with Gasteiger partial charge in [0.15, 0.2) is 0 Å². The zero-order valence-electron chi connectivity index (χ0n) is 7.89. The van der Waals surface area contributed by atoms with Crippen molar-refractivity contribution in [2.24, 2.45) is 0 Å². The maximum absolute atomic E-state index is 9.64. The molecule has 9 heteroatoms. The average molecular weight is 246 g/mol. The standard InChI is InChI=1S/C3H7O5P.C3H8O3/c4-1-3(5)2-8-9(6)7;4-1-3(6)2-5/h3-5H,1-2H2;3-6H,1-2H2. The van der Waals surface area contributed by atoms with Gasteiger partial charge in [-0.05, 0) is 0 Å². The van der Waals surface area contributed by atoms with E-state index in [2.05, 4.69) is 4.52 Å². The molecule has 0 amide bonds.